The Morgan fingerprint density at radius 3 is 2.94 bits per heavy atom. The van der Waals surface area contributed by atoms with Gasteiger partial charge < -0.3 is 15.5 Å². The number of anilines is 2. The van der Waals surface area contributed by atoms with Crippen molar-refractivity contribution >= 4 is 29.0 Å². The van der Waals surface area contributed by atoms with Crippen molar-refractivity contribution in [3.05, 3.63) is 28.8 Å². The van der Waals surface area contributed by atoms with Crippen LogP contribution in [0, 0.1) is 6.92 Å². The van der Waals surface area contributed by atoms with Gasteiger partial charge in [-0.2, -0.15) is 5.10 Å². The summed E-state index contributed by atoms with van der Waals surface area (Å²) >= 11 is 5.66. The van der Waals surface area contributed by atoms with Crippen LogP contribution in [0.4, 0.5) is 11.5 Å². The molecule has 2 aromatic heterocycles. The van der Waals surface area contributed by atoms with Gasteiger partial charge in [0.25, 0.3) is 5.91 Å². The topological polar surface area (TPSA) is 96.9 Å². The van der Waals surface area contributed by atoms with Gasteiger partial charge in [0, 0.05) is 0 Å². The van der Waals surface area contributed by atoms with Crippen LogP contribution in [0.2, 0.25) is 5.22 Å². The molecular weight excluding hydrogens is 232 g/mol. The first-order chi connectivity index (χ1) is 7.59. The fourth-order valence-corrected chi connectivity index (χ4v) is 1.36. The third-order valence-electron chi connectivity index (χ3n) is 2.09. The van der Waals surface area contributed by atoms with E-state index >= 15 is 0 Å². The summed E-state index contributed by atoms with van der Waals surface area (Å²) in [5.41, 5.74) is 7.00. The Morgan fingerprint density at radius 2 is 2.44 bits per heavy atom. The zero-order valence-electron chi connectivity index (χ0n) is 8.37. The van der Waals surface area contributed by atoms with Crippen molar-refractivity contribution in [1.29, 1.82) is 0 Å². The lowest BCUT2D eigenvalue weighted by Gasteiger charge is -2.00. The van der Waals surface area contributed by atoms with Crippen molar-refractivity contribution in [3.63, 3.8) is 0 Å². The number of aromatic nitrogens is 2. The van der Waals surface area contributed by atoms with Gasteiger partial charge >= 0.3 is 0 Å². The lowest BCUT2D eigenvalue weighted by molar-refractivity contribution is 0.102. The molecule has 0 bridgehead atoms. The number of amides is 1. The van der Waals surface area contributed by atoms with Gasteiger partial charge in [0.05, 0.1) is 23.2 Å². The number of aryl methyl sites for hydroxylation is 1. The molecule has 16 heavy (non-hydrogen) atoms. The number of rotatable bonds is 2. The quantitative estimate of drug-likeness (QED) is 0.746. The molecule has 0 unspecified atom stereocenters. The van der Waals surface area contributed by atoms with Crippen molar-refractivity contribution in [1.82, 2.24) is 10.2 Å². The molecule has 2 aromatic rings. The first-order valence-corrected chi connectivity index (χ1v) is 4.82. The van der Waals surface area contributed by atoms with Crippen molar-refractivity contribution in [2.45, 2.75) is 6.92 Å². The Kier molecular flexibility index (Phi) is 2.57. The van der Waals surface area contributed by atoms with E-state index in [1.165, 1.54) is 12.3 Å². The molecule has 7 heteroatoms. The van der Waals surface area contributed by atoms with E-state index in [-0.39, 0.29) is 16.6 Å². The van der Waals surface area contributed by atoms with E-state index in [0.29, 0.717) is 11.4 Å². The normalized spacial score (nSPS) is 10.4. The second kappa shape index (κ2) is 3.90. The molecule has 84 valence electrons. The van der Waals surface area contributed by atoms with Crippen LogP contribution in [0.5, 0.6) is 0 Å². The summed E-state index contributed by atoms with van der Waals surface area (Å²) in [7, 11) is 0. The molecule has 0 atom stereocenters. The second-order valence-corrected chi connectivity index (χ2v) is 3.52. The van der Waals surface area contributed by atoms with Crippen LogP contribution >= 0.6 is 11.6 Å². The molecule has 0 aliphatic heterocycles. The van der Waals surface area contributed by atoms with Crippen LogP contribution in [0.15, 0.2) is 16.7 Å². The number of nitrogens with one attached hydrogen (secondary N) is 2. The molecule has 4 N–H and O–H groups in total. The van der Waals surface area contributed by atoms with Gasteiger partial charge in [-0.1, -0.05) is 0 Å². The second-order valence-electron chi connectivity index (χ2n) is 3.17. The number of hydrogen-bond acceptors (Lipinski definition) is 4. The highest BCUT2D eigenvalue weighted by atomic mass is 35.5. The van der Waals surface area contributed by atoms with Gasteiger partial charge in [-0.3, -0.25) is 9.89 Å². The SMILES string of the molecule is Cc1[nH]nc(NC(=O)c2ccoc2Cl)c1N. The van der Waals surface area contributed by atoms with Crippen LogP contribution in [0.25, 0.3) is 0 Å². The van der Waals surface area contributed by atoms with E-state index in [4.69, 9.17) is 21.8 Å². The minimum Gasteiger partial charge on any atom is -0.452 e. The van der Waals surface area contributed by atoms with Crippen LogP contribution in [0.1, 0.15) is 16.1 Å². The van der Waals surface area contributed by atoms with Crippen molar-refractivity contribution in [3.8, 4) is 0 Å². The van der Waals surface area contributed by atoms with E-state index < -0.39 is 5.91 Å². The minimum atomic E-state index is -0.419. The number of halogens is 1. The molecule has 0 saturated heterocycles. The lowest BCUT2D eigenvalue weighted by Crippen LogP contribution is -2.12. The molecule has 0 fully saturated rings. The van der Waals surface area contributed by atoms with Crippen molar-refractivity contribution < 1.29 is 9.21 Å². The number of carbonyl (C=O) groups excluding carboxylic acids is 1. The van der Waals surface area contributed by atoms with Crippen LogP contribution in [-0.4, -0.2) is 16.1 Å². The maximum atomic E-state index is 11.7. The molecule has 0 aliphatic rings. The minimum absolute atomic E-state index is 0.0309. The van der Waals surface area contributed by atoms with E-state index in [9.17, 15) is 4.79 Å². The Bertz CT molecular complexity index is 531. The Labute approximate surface area is 95.8 Å². The molecule has 2 rings (SSSR count). The van der Waals surface area contributed by atoms with E-state index in [0.717, 1.165) is 0 Å². The Hall–Kier alpha value is -1.95. The fourth-order valence-electron chi connectivity index (χ4n) is 1.16. The number of hydrogen-bond donors (Lipinski definition) is 3. The standard InChI is InChI=1S/C9H9ClN4O2/c1-4-6(11)8(14-13-4)12-9(15)5-2-3-16-7(5)10/h2-3H,11H2,1H3,(H2,12,13,14,15). The van der Waals surface area contributed by atoms with Crippen LogP contribution in [0.3, 0.4) is 0 Å². The van der Waals surface area contributed by atoms with Gasteiger partial charge in [0.2, 0.25) is 5.22 Å². The molecule has 2 heterocycles. The largest absolute Gasteiger partial charge is 0.452 e. The first-order valence-electron chi connectivity index (χ1n) is 4.44. The summed E-state index contributed by atoms with van der Waals surface area (Å²) in [4.78, 5) is 11.7. The van der Waals surface area contributed by atoms with Gasteiger partial charge in [-0.05, 0) is 24.6 Å². The summed E-state index contributed by atoms with van der Waals surface area (Å²) in [6.07, 6.45) is 1.33. The Morgan fingerprint density at radius 1 is 1.69 bits per heavy atom. The smallest absolute Gasteiger partial charge is 0.261 e. The molecule has 1 amide bonds. The van der Waals surface area contributed by atoms with Gasteiger partial charge in [-0.15, -0.1) is 0 Å². The molecule has 0 saturated carbocycles. The number of carbonyl (C=O) groups is 1. The number of H-pyrrole nitrogens is 1. The molecule has 0 aliphatic carbocycles. The number of nitrogens with two attached hydrogens (primary N) is 1. The maximum Gasteiger partial charge on any atom is 0.261 e. The van der Waals surface area contributed by atoms with Gasteiger partial charge in [0.1, 0.15) is 0 Å². The van der Waals surface area contributed by atoms with E-state index in [1.807, 2.05) is 0 Å². The highest BCUT2D eigenvalue weighted by Gasteiger charge is 2.16. The van der Waals surface area contributed by atoms with Crippen molar-refractivity contribution in [2.75, 3.05) is 11.1 Å². The average molecular weight is 241 g/mol. The third-order valence-corrected chi connectivity index (χ3v) is 2.38. The molecule has 0 radical (unpaired) electrons. The van der Waals surface area contributed by atoms with Gasteiger partial charge in [-0.25, -0.2) is 0 Å². The number of nitrogen functional groups attached to an aromatic ring is 1. The van der Waals surface area contributed by atoms with Crippen LogP contribution in [-0.2, 0) is 0 Å². The zero-order chi connectivity index (χ0) is 11.7. The average Bonchev–Trinajstić information content (AvgIpc) is 2.79. The van der Waals surface area contributed by atoms with Crippen molar-refractivity contribution in [2.24, 2.45) is 0 Å². The fraction of sp³-hybridized carbons (Fsp3) is 0.111. The summed E-state index contributed by atoms with van der Waals surface area (Å²) < 4.78 is 4.80. The van der Waals surface area contributed by atoms with E-state index in [2.05, 4.69) is 15.5 Å². The summed E-state index contributed by atoms with van der Waals surface area (Å²) in [5.74, 6) is -0.142. The first kappa shape index (κ1) is 10.6. The molecular formula is C9H9ClN4O2. The number of furan rings is 1. The van der Waals surface area contributed by atoms with E-state index in [1.54, 1.807) is 6.92 Å². The molecule has 0 spiro atoms. The third kappa shape index (κ3) is 1.74. The summed E-state index contributed by atoms with van der Waals surface area (Å²) in [6, 6.07) is 1.47. The summed E-state index contributed by atoms with van der Waals surface area (Å²) in [5, 5.41) is 9.05. The summed E-state index contributed by atoms with van der Waals surface area (Å²) in [6.45, 7) is 1.75. The predicted molar refractivity (Wildman–Crippen MR) is 59.4 cm³/mol. The maximum absolute atomic E-state index is 11.7. The predicted octanol–water partition coefficient (Wildman–Crippen LogP) is 1.80. The molecule has 0 aromatic carbocycles. The monoisotopic (exact) mass is 240 g/mol. The highest BCUT2D eigenvalue weighted by Crippen LogP contribution is 2.21. The lowest BCUT2D eigenvalue weighted by atomic mass is 10.3. The Balaban J connectivity index is 2.20. The van der Waals surface area contributed by atoms with Gasteiger partial charge in [0.15, 0.2) is 5.82 Å². The van der Waals surface area contributed by atoms with Crippen LogP contribution < -0.4 is 11.1 Å². The molecule has 6 nitrogen and oxygen atoms in total. The number of aromatic amines is 1. The number of nitrogens with zero attached hydrogens (tertiary/aromatic N) is 1. The zero-order valence-corrected chi connectivity index (χ0v) is 9.13. The highest BCUT2D eigenvalue weighted by molar-refractivity contribution is 6.32.